The van der Waals surface area contributed by atoms with E-state index < -0.39 is 0 Å². The molecule has 0 aliphatic heterocycles. The van der Waals surface area contributed by atoms with E-state index in [1.165, 1.54) is 0 Å². The van der Waals surface area contributed by atoms with Gasteiger partial charge >= 0.3 is 0 Å². The largest absolute Gasteiger partial charge is 0.508 e. The van der Waals surface area contributed by atoms with Gasteiger partial charge < -0.3 is 5.11 Å². The molecule has 1 aromatic rings. The van der Waals surface area contributed by atoms with Crippen LogP contribution in [0.3, 0.4) is 0 Å². The first-order valence-electron chi connectivity index (χ1n) is 2.76. The lowest BCUT2D eigenvalue weighted by Crippen LogP contribution is -1.76. The molecule has 1 aromatic carbocycles. The molecule has 0 aliphatic carbocycles. The molecule has 1 nitrogen and oxygen atoms in total. The summed E-state index contributed by atoms with van der Waals surface area (Å²) in [5, 5.41) is 9.74. The maximum absolute atomic E-state index is 9.17. The summed E-state index contributed by atoms with van der Waals surface area (Å²) in [6, 6.07) is 3.36. The van der Waals surface area contributed by atoms with Gasteiger partial charge in [0, 0.05) is 15.1 Å². The molecule has 0 fully saturated rings. The summed E-state index contributed by atoms with van der Waals surface area (Å²) >= 11 is 8.93. The summed E-state index contributed by atoms with van der Waals surface area (Å²) in [5.41, 5.74) is 0.713. The standard InChI is InChI=1S/C7H6BrClO/c1-4-6(9)2-5(8)3-7(4)10/h2-3,10H,1H3. The second-order valence-corrected chi connectivity index (χ2v) is 3.35. The Hall–Kier alpha value is -0.210. The first kappa shape index (κ1) is 7.89. The molecule has 0 radical (unpaired) electrons. The minimum Gasteiger partial charge on any atom is -0.508 e. The molecule has 1 rings (SSSR count). The van der Waals surface area contributed by atoms with E-state index in [-0.39, 0.29) is 5.75 Å². The average Bonchev–Trinajstić information content (AvgIpc) is 1.82. The fourth-order valence-electron chi connectivity index (χ4n) is 0.632. The second-order valence-electron chi connectivity index (χ2n) is 2.03. The third-order valence-corrected chi connectivity index (χ3v) is 2.13. The molecule has 0 bridgehead atoms. The minimum absolute atomic E-state index is 0.222. The van der Waals surface area contributed by atoms with Crippen molar-refractivity contribution in [1.82, 2.24) is 0 Å². The van der Waals surface area contributed by atoms with E-state index in [0.29, 0.717) is 10.6 Å². The van der Waals surface area contributed by atoms with Gasteiger partial charge in [0.25, 0.3) is 0 Å². The van der Waals surface area contributed by atoms with Crippen LogP contribution in [0, 0.1) is 6.92 Å². The van der Waals surface area contributed by atoms with Gasteiger partial charge in [-0.25, -0.2) is 0 Å². The smallest absolute Gasteiger partial charge is 0.121 e. The fourth-order valence-corrected chi connectivity index (χ4v) is 1.42. The van der Waals surface area contributed by atoms with E-state index in [2.05, 4.69) is 15.9 Å². The Bertz CT molecular complexity index is 237. The van der Waals surface area contributed by atoms with Crippen LogP contribution in [0.25, 0.3) is 0 Å². The highest BCUT2D eigenvalue weighted by Gasteiger charge is 2.01. The Morgan fingerprint density at radius 3 is 2.60 bits per heavy atom. The van der Waals surface area contributed by atoms with Crippen molar-refractivity contribution in [3.05, 3.63) is 27.2 Å². The number of benzene rings is 1. The third-order valence-electron chi connectivity index (χ3n) is 1.28. The number of hydrogen-bond acceptors (Lipinski definition) is 1. The molecule has 3 heteroatoms. The monoisotopic (exact) mass is 220 g/mol. The van der Waals surface area contributed by atoms with Crippen LogP contribution in [0.2, 0.25) is 5.02 Å². The number of aromatic hydroxyl groups is 1. The third kappa shape index (κ3) is 1.44. The highest BCUT2D eigenvalue weighted by atomic mass is 79.9. The van der Waals surface area contributed by atoms with Crippen molar-refractivity contribution in [2.24, 2.45) is 0 Å². The molecule has 54 valence electrons. The van der Waals surface area contributed by atoms with Crippen LogP contribution >= 0.6 is 27.5 Å². The fraction of sp³-hybridized carbons (Fsp3) is 0.143. The Kier molecular flexibility index (Phi) is 2.21. The highest BCUT2D eigenvalue weighted by Crippen LogP contribution is 2.28. The molecule has 1 N–H and O–H groups in total. The molecule has 0 aliphatic rings. The molecule has 0 heterocycles. The second kappa shape index (κ2) is 2.81. The van der Waals surface area contributed by atoms with Crippen LogP contribution < -0.4 is 0 Å². The lowest BCUT2D eigenvalue weighted by atomic mass is 10.2. The zero-order valence-electron chi connectivity index (χ0n) is 5.36. The van der Waals surface area contributed by atoms with Crippen LogP contribution in [0.15, 0.2) is 16.6 Å². The van der Waals surface area contributed by atoms with Gasteiger partial charge in [-0.1, -0.05) is 27.5 Å². The summed E-state index contributed by atoms with van der Waals surface area (Å²) in [6.45, 7) is 1.77. The number of hydrogen-bond donors (Lipinski definition) is 1. The van der Waals surface area contributed by atoms with Crippen LogP contribution in [-0.4, -0.2) is 5.11 Å². The van der Waals surface area contributed by atoms with Crippen LogP contribution in [0.1, 0.15) is 5.56 Å². The van der Waals surface area contributed by atoms with E-state index >= 15 is 0 Å². The van der Waals surface area contributed by atoms with Gasteiger partial charge in [-0.15, -0.1) is 0 Å². The quantitative estimate of drug-likeness (QED) is 0.714. The normalized spacial score (nSPS) is 9.90. The van der Waals surface area contributed by atoms with E-state index in [4.69, 9.17) is 16.7 Å². The number of phenols is 1. The van der Waals surface area contributed by atoms with E-state index in [1.54, 1.807) is 19.1 Å². The van der Waals surface area contributed by atoms with E-state index in [9.17, 15) is 0 Å². The first-order chi connectivity index (χ1) is 4.61. The molecular formula is C7H6BrClO. The molecule has 0 saturated carbocycles. The molecule has 0 saturated heterocycles. The molecule has 0 aromatic heterocycles. The Labute approximate surface area is 72.8 Å². The predicted molar refractivity (Wildman–Crippen MR) is 45.6 cm³/mol. The number of rotatable bonds is 0. The van der Waals surface area contributed by atoms with Crippen molar-refractivity contribution in [1.29, 1.82) is 0 Å². The Morgan fingerprint density at radius 1 is 1.50 bits per heavy atom. The van der Waals surface area contributed by atoms with Crippen molar-refractivity contribution in [3.63, 3.8) is 0 Å². The molecule has 10 heavy (non-hydrogen) atoms. The number of halogens is 2. The van der Waals surface area contributed by atoms with Crippen molar-refractivity contribution in [3.8, 4) is 5.75 Å². The first-order valence-corrected chi connectivity index (χ1v) is 3.93. The van der Waals surface area contributed by atoms with E-state index in [0.717, 1.165) is 4.47 Å². The minimum atomic E-state index is 0.222. The topological polar surface area (TPSA) is 20.2 Å². The van der Waals surface area contributed by atoms with Crippen LogP contribution in [0.5, 0.6) is 5.75 Å². The summed E-state index contributed by atoms with van der Waals surface area (Å²) in [4.78, 5) is 0. The molecular weight excluding hydrogens is 215 g/mol. The number of phenolic OH excluding ortho intramolecular Hbond substituents is 1. The van der Waals surface area contributed by atoms with Gasteiger partial charge in [0.1, 0.15) is 5.75 Å². The molecule has 0 unspecified atom stereocenters. The Balaban J connectivity index is 3.31. The lowest BCUT2D eigenvalue weighted by Gasteiger charge is -2.00. The average molecular weight is 221 g/mol. The van der Waals surface area contributed by atoms with Crippen molar-refractivity contribution in [2.75, 3.05) is 0 Å². The lowest BCUT2D eigenvalue weighted by molar-refractivity contribution is 0.471. The zero-order valence-corrected chi connectivity index (χ0v) is 7.70. The zero-order chi connectivity index (χ0) is 7.72. The van der Waals surface area contributed by atoms with Gasteiger partial charge in [0.2, 0.25) is 0 Å². The van der Waals surface area contributed by atoms with Gasteiger partial charge in [0.05, 0.1) is 0 Å². The maximum Gasteiger partial charge on any atom is 0.121 e. The van der Waals surface area contributed by atoms with Gasteiger partial charge in [-0.2, -0.15) is 0 Å². The van der Waals surface area contributed by atoms with Crippen molar-refractivity contribution < 1.29 is 5.11 Å². The summed E-state index contributed by atoms with van der Waals surface area (Å²) in [5.74, 6) is 0.222. The predicted octanol–water partition coefficient (Wildman–Crippen LogP) is 3.12. The van der Waals surface area contributed by atoms with Crippen molar-refractivity contribution in [2.45, 2.75) is 6.92 Å². The SMILES string of the molecule is Cc1c(O)cc(Br)cc1Cl. The molecule has 0 atom stereocenters. The maximum atomic E-state index is 9.17. The summed E-state index contributed by atoms with van der Waals surface area (Å²) in [6.07, 6.45) is 0. The van der Waals surface area contributed by atoms with Gasteiger partial charge in [0.15, 0.2) is 0 Å². The van der Waals surface area contributed by atoms with E-state index in [1.807, 2.05) is 0 Å². The summed E-state index contributed by atoms with van der Waals surface area (Å²) in [7, 11) is 0. The summed E-state index contributed by atoms with van der Waals surface area (Å²) < 4.78 is 0.792. The van der Waals surface area contributed by atoms with Gasteiger partial charge in [-0.05, 0) is 19.1 Å². The van der Waals surface area contributed by atoms with Crippen LogP contribution in [-0.2, 0) is 0 Å². The molecule has 0 amide bonds. The van der Waals surface area contributed by atoms with Gasteiger partial charge in [-0.3, -0.25) is 0 Å². The highest BCUT2D eigenvalue weighted by molar-refractivity contribution is 9.10. The molecule has 0 spiro atoms. The van der Waals surface area contributed by atoms with Crippen LogP contribution in [0.4, 0.5) is 0 Å². The Morgan fingerprint density at radius 2 is 2.10 bits per heavy atom. The van der Waals surface area contributed by atoms with Crippen molar-refractivity contribution >= 4 is 27.5 Å².